The number of nitrogens with one attached hydrogen (secondary N) is 1. The molecule has 1 saturated heterocycles. The van der Waals surface area contributed by atoms with Crippen LogP contribution < -0.4 is 5.32 Å². The zero-order valence-electron chi connectivity index (χ0n) is 13.2. The van der Waals surface area contributed by atoms with Crippen molar-refractivity contribution in [1.29, 1.82) is 0 Å². The number of hydrogen-bond acceptors (Lipinski definition) is 4. The van der Waals surface area contributed by atoms with Crippen molar-refractivity contribution in [2.24, 2.45) is 5.92 Å². The zero-order chi connectivity index (χ0) is 15.3. The molecule has 2 rings (SSSR count). The van der Waals surface area contributed by atoms with Crippen LogP contribution in [0.2, 0.25) is 0 Å². The number of amides is 1. The molecule has 2 fully saturated rings. The molecule has 21 heavy (non-hydrogen) atoms. The fraction of sp³-hybridized carbons (Fsp3) is 0.875. The van der Waals surface area contributed by atoms with Crippen molar-refractivity contribution in [2.45, 2.75) is 70.4 Å². The molecule has 0 bridgehead atoms. The van der Waals surface area contributed by atoms with Crippen molar-refractivity contribution in [3.8, 4) is 0 Å². The maximum absolute atomic E-state index is 12.5. The molecular formula is C16H27NO4. The highest BCUT2D eigenvalue weighted by atomic mass is 16.5. The minimum Gasteiger partial charge on any atom is -0.464 e. The van der Waals surface area contributed by atoms with Crippen LogP contribution in [-0.2, 0) is 19.1 Å². The topological polar surface area (TPSA) is 64.6 Å². The Kier molecular flexibility index (Phi) is 5.62. The molecule has 120 valence electrons. The smallest absolute Gasteiger partial charge is 0.331 e. The van der Waals surface area contributed by atoms with E-state index in [0.29, 0.717) is 32.0 Å². The third-order valence-electron chi connectivity index (χ3n) is 4.23. The van der Waals surface area contributed by atoms with E-state index in [0.717, 1.165) is 32.1 Å². The van der Waals surface area contributed by atoms with Gasteiger partial charge in [0, 0.05) is 6.61 Å². The lowest BCUT2D eigenvalue weighted by Gasteiger charge is -2.36. The van der Waals surface area contributed by atoms with Gasteiger partial charge in [0.15, 0.2) is 0 Å². The largest absolute Gasteiger partial charge is 0.464 e. The first-order chi connectivity index (χ1) is 10.0. The van der Waals surface area contributed by atoms with Gasteiger partial charge in [0.2, 0.25) is 5.91 Å². The van der Waals surface area contributed by atoms with E-state index in [-0.39, 0.29) is 11.9 Å². The monoisotopic (exact) mass is 297 g/mol. The van der Waals surface area contributed by atoms with E-state index >= 15 is 0 Å². The Labute approximate surface area is 126 Å². The van der Waals surface area contributed by atoms with E-state index in [1.165, 1.54) is 0 Å². The highest BCUT2D eigenvalue weighted by Crippen LogP contribution is 2.30. The van der Waals surface area contributed by atoms with E-state index in [1.54, 1.807) is 0 Å². The Morgan fingerprint density at radius 3 is 2.52 bits per heavy atom. The number of hydrogen-bond donors (Lipinski definition) is 1. The van der Waals surface area contributed by atoms with Gasteiger partial charge >= 0.3 is 5.97 Å². The van der Waals surface area contributed by atoms with Crippen molar-refractivity contribution in [1.82, 2.24) is 5.32 Å². The summed E-state index contributed by atoms with van der Waals surface area (Å²) in [6.45, 7) is 5.04. The van der Waals surface area contributed by atoms with Gasteiger partial charge < -0.3 is 14.8 Å². The first kappa shape index (κ1) is 16.3. The summed E-state index contributed by atoms with van der Waals surface area (Å²) < 4.78 is 10.8. The molecule has 0 aromatic rings. The average molecular weight is 297 g/mol. The van der Waals surface area contributed by atoms with E-state index in [9.17, 15) is 9.59 Å². The first-order valence-electron chi connectivity index (χ1n) is 8.14. The minimum atomic E-state index is -0.837. The summed E-state index contributed by atoms with van der Waals surface area (Å²) >= 11 is 0. The summed E-state index contributed by atoms with van der Waals surface area (Å²) in [6, 6.07) is 0. The molecule has 1 heterocycles. The highest BCUT2D eigenvalue weighted by molar-refractivity contribution is 5.90. The standard InChI is InChI=1S/C16H27NO4/c1-12(2)11-21-15(19)16(8-4-3-5-9-16)17-14(18)13-7-6-10-20-13/h12-13H,3-11H2,1-2H3,(H,17,18)/t13-/m0/s1. The maximum atomic E-state index is 12.5. The second-order valence-corrected chi connectivity index (χ2v) is 6.63. The summed E-state index contributed by atoms with van der Waals surface area (Å²) in [5.41, 5.74) is -0.837. The quantitative estimate of drug-likeness (QED) is 0.790. The van der Waals surface area contributed by atoms with Gasteiger partial charge in [-0.1, -0.05) is 33.1 Å². The van der Waals surface area contributed by atoms with Crippen LogP contribution in [0.5, 0.6) is 0 Å². The van der Waals surface area contributed by atoms with Crippen LogP contribution in [0, 0.1) is 5.92 Å². The molecule has 1 aliphatic carbocycles. The molecule has 1 atom stereocenters. The van der Waals surface area contributed by atoms with Crippen LogP contribution in [0.15, 0.2) is 0 Å². The van der Waals surface area contributed by atoms with Gasteiger partial charge in [-0.15, -0.1) is 0 Å². The Morgan fingerprint density at radius 1 is 1.24 bits per heavy atom. The van der Waals surface area contributed by atoms with E-state index in [2.05, 4.69) is 5.32 Å². The molecule has 1 saturated carbocycles. The molecule has 2 aliphatic rings. The molecule has 0 radical (unpaired) electrons. The predicted molar refractivity (Wildman–Crippen MR) is 78.7 cm³/mol. The van der Waals surface area contributed by atoms with Crippen molar-refractivity contribution in [3.05, 3.63) is 0 Å². The van der Waals surface area contributed by atoms with Gasteiger partial charge in [0.05, 0.1) is 6.61 Å². The third kappa shape index (κ3) is 4.19. The Balaban J connectivity index is 2.01. The zero-order valence-corrected chi connectivity index (χ0v) is 13.2. The fourth-order valence-corrected chi connectivity index (χ4v) is 3.02. The molecule has 1 N–H and O–H groups in total. The molecule has 0 aromatic heterocycles. The van der Waals surface area contributed by atoms with Crippen LogP contribution in [-0.4, -0.2) is 36.7 Å². The normalized spacial score (nSPS) is 24.8. The Hall–Kier alpha value is -1.10. The number of esters is 1. The predicted octanol–water partition coefficient (Wildman–Crippen LogP) is 2.18. The summed E-state index contributed by atoms with van der Waals surface area (Å²) in [5.74, 6) is -0.137. The molecule has 0 aromatic carbocycles. The summed E-state index contributed by atoms with van der Waals surface area (Å²) in [7, 11) is 0. The lowest BCUT2D eigenvalue weighted by atomic mass is 9.81. The van der Waals surface area contributed by atoms with Gasteiger partial charge in [-0.3, -0.25) is 4.79 Å². The van der Waals surface area contributed by atoms with Crippen LogP contribution in [0.4, 0.5) is 0 Å². The van der Waals surface area contributed by atoms with E-state index in [1.807, 2.05) is 13.8 Å². The van der Waals surface area contributed by atoms with Gasteiger partial charge in [-0.05, 0) is 31.6 Å². The second-order valence-electron chi connectivity index (χ2n) is 6.63. The van der Waals surface area contributed by atoms with Crippen molar-refractivity contribution in [2.75, 3.05) is 13.2 Å². The SMILES string of the molecule is CC(C)COC(=O)C1(NC(=O)[C@@H]2CCCO2)CCCCC1. The molecule has 0 spiro atoms. The summed E-state index contributed by atoms with van der Waals surface area (Å²) in [6.07, 6.45) is 5.58. The molecular weight excluding hydrogens is 270 g/mol. The summed E-state index contributed by atoms with van der Waals surface area (Å²) in [4.78, 5) is 24.8. The van der Waals surface area contributed by atoms with Crippen molar-refractivity contribution in [3.63, 3.8) is 0 Å². The second kappa shape index (κ2) is 7.25. The molecule has 5 nitrogen and oxygen atoms in total. The molecule has 5 heteroatoms. The first-order valence-corrected chi connectivity index (χ1v) is 8.14. The number of carbonyl (C=O) groups is 2. The number of ether oxygens (including phenoxy) is 2. The Bertz CT molecular complexity index is 368. The van der Waals surface area contributed by atoms with E-state index in [4.69, 9.17) is 9.47 Å². The maximum Gasteiger partial charge on any atom is 0.331 e. The third-order valence-corrected chi connectivity index (χ3v) is 4.23. The van der Waals surface area contributed by atoms with Crippen molar-refractivity contribution >= 4 is 11.9 Å². The van der Waals surface area contributed by atoms with Gasteiger partial charge in [-0.2, -0.15) is 0 Å². The lowest BCUT2D eigenvalue weighted by molar-refractivity contribution is -0.157. The Morgan fingerprint density at radius 2 is 1.95 bits per heavy atom. The van der Waals surface area contributed by atoms with Gasteiger partial charge in [0.25, 0.3) is 0 Å². The van der Waals surface area contributed by atoms with Gasteiger partial charge in [-0.25, -0.2) is 4.79 Å². The van der Waals surface area contributed by atoms with Crippen LogP contribution in [0.1, 0.15) is 58.8 Å². The van der Waals surface area contributed by atoms with E-state index < -0.39 is 11.6 Å². The minimum absolute atomic E-state index is 0.157. The summed E-state index contributed by atoms with van der Waals surface area (Å²) in [5, 5.41) is 2.96. The number of carbonyl (C=O) groups excluding carboxylic acids is 2. The highest BCUT2D eigenvalue weighted by Gasteiger charge is 2.43. The lowest BCUT2D eigenvalue weighted by Crippen LogP contribution is -2.58. The van der Waals surface area contributed by atoms with Crippen molar-refractivity contribution < 1.29 is 19.1 Å². The average Bonchev–Trinajstić information content (AvgIpc) is 3.00. The van der Waals surface area contributed by atoms with Crippen LogP contribution in [0.3, 0.4) is 0 Å². The molecule has 1 aliphatic heterocycles. The fourth-order valence-electron chi connectivity index (χ4n) is 3.02. The van der Waals surface area contributed by atoms with Gasteiger partial charge in [0.1, 0.15) is 11.6 Å². The molecule has 0 unspecified atom stereocenters. The number of rotatable bonds is 5. The van der Waals surface area contributed by atoms with Crippen LogP contribution in [0.25, 0.3) is 0 Å². The van der Waals surface area contributed by atoms with Crippen LogP contribution >= 0.6 is 0 Å². The molecule has 1 amide bonds.